The molecule has 134 valence electrons. The van der Waals surface area contributed by atoms with Crippen LogP contribution in [0.25, 0.3) is 0 Å². The first-order valence-electron chi connectivity index (χ1n) is 8.61. The first kappa shape index (κ1) is 17.3. The third-order valence-corrected chi connectivity index (χ3v) is 4.49. The van der Waals surface area contributed by atoms with E-state index in [1.165, 1.54) is 0 Å². The molecule has 7 nitrogen and oxygen atoms in total. The molecule has 3 rings (SSSR count). The van der Waals surface area contributed by atoms with Crippen LogP contribution in [0.2, 0.25) is 0 Å². The summed E-state index contributed by atoms with van der Waals surface area (Å²) in [6.07, 6.45) is 1.50. The number of benzene rings is 1. The van der Waals surface area contributed by atoms with E-state index >= 15 is 0 Å². The molecule has 2 aliphatic heterocycles. The van der Waals surface area contributed by atoms with Crippen LogP contribution < -0.4 is 10.1 Å². The van der Waals surface area contributed by atoms with E-state index in [0.29, 0.717) is 62.6 Å². The fourth-order valence-corrected chi connectivity index (χ4v) is 3.11. The van der Waals surface area contributed by atoms with E-state index in [1.807, 2.05) is 0 Å². The number of likely N-dealkylation sites (tertiary alicyclic amines) is 1. The average Bonchev–Trinajstić information content (AvgIpc) is 2.81. The molecule has 0 unspecified atom stereocenters. The van der Waals surface area contributed by atoms with Crippen molar-refractivity contribution in [1.29, 1.82) is 0 Å². The predicted octanol–water partition coefficient (Wildman–Crippen LogP) is 1.82. The number of anilines is 1. The third-order valence-electron chi connectivity index (χ3n) is 4.49. The molecule has 2 amide bonds. The van der Waals surface area contributed by atoms with Crippen molar-refractivity contribution in [2.24, 2.45) is 5.92 Å². The zero-order valence-corrected chi connectivity index (χ0v) is 14.2. The van der Waals surface area contributed by atoms with Gasteiger partial charge in [-0.3, -0.25) is 14.4 Å². The van der Waals surface area contributed by atoms with Crippen LogP contribution in [0.15, 0.2) is 18.2 Å². The molecule has 0 bridgehead atoms. The van der Waals surface area contributed by atoms with Gasteiger partial charge in [0.2, 0.25) is 5.91 Å². The van der Waals surface area contributed by atoms with Crippen molar-refractivity contribution in [3.63, 3.8) is 0 Å². The molecule has 2 heterocycles. The average molecular weight is 346 g/mol. The second kappa shape index (κ2) is 7.55. The number of ether oxygens (including phenoxy) is 2. The van der Waals surface area contributed by atoms with E-state index in [2.05, 4.69) is 5.32 Å². The molecule has 1 fully saturated rings. The van der Waals surface area contributed by atoms with Crippen LogP contribution in [0.5, 0.6) is 5.75 Å². The Morgan fingerprint density at radius 3 is 2.80 bits per heavy atom. The van der Waals surface area contributed by atoms with Crippen LogP contribution in [0.3, 0.4) is 0 Å². The van der Waals surface area contributed by atoms with Gasteiger partial charge in [-0.25, -0.2) is 0 Å². The van der Waals surface area contributed by atoms with Gasteiger partial charge < -0.3 is 19.7 Å². The van der Waals surface area contributed by atoms with Crippen LogP contribution in [-0.4, -0.2) is 49.0 Å². The summed E-state index contributed by atoms with van der Waals surface area (Å²) in [5.74, 6) is 0.0221. The summed E-state index contributed by atoms with van der Waals surface area (Å²) in [5, 5.41) is 2.76. The van der Waals surface area contributed by atoms with Crippen molar-refractivity contribution in [3.8, 4) is 5.75 Å². The molecule has 0 spiro atoms. The third kappa shape index (κ3) is 3.92. The zero-order chi connectivity index (χ0) is 17.8. The lowest BCUT2D eigenvalue weighted by atomic mass is 9.96. The summed E-state index contributed by atoms with van der Waals surface area (Å²) < 4.78 is 10.6. The summed E-state index contributed by atoms with van der Waals surface area (Å²) in [5.41, 5.74) is 1.02. The Labute approximate surface area is 146 Å². The van der Waals surface area contributed by atoms with E-state index in [0.717, 1.165) is 0 Å². The number of rotatable bonds is 3. The summed E-state index contributed by atoms with van der Waals surface area (Å²) >= 11 is 0. The Morgan fingerprint density at radius 2 is 2.08 bits per heavy atom. The summed E-state index contributed by atoms with van der Waals surface area (Å²) in [6.45, 7) is 3.52. The molecule has 1 N–H and O–H groups in total. The van der Waals surface area contributed by atoms with Crippen LogP contribution in [0.1, 0.15) is 36.5 Å². The summed E-state index contributed by atoms with van der Waals surface area (Å²) in [7, 11) is 0. The highest BCUT2D eigenvalue weighted by atomic mass is 16.5. The quantitative estimate of drug-likeness (QED) is 0.844. The Balaban J connectivity index is 1.66. The number of carbonyl (C=O) groups is 3. The van der Waals surface area contributed by atoms with Gasteiger partial charge in [0.1, 0.15) is 5.75 Å². The minimum absolute atomic E-state index is 0.108. The molecule has 0 saturated carbocycles. The lowest BCUT2D eigenvalue weighted by Gasteiger charge is -2.31. The standard InChI is InChI=1S/C18H22N2O5/c1-2-24-18(23)12-5-8-20(9-6-12)17(22)13-3-4-15-14(11-13)19-16(21)7-10-25-15/h3-4,11-12H,2,5-10H2,1H3,(H,19,21). The van der Waals surface area contributed by atoms with Crippen LogP contribution >= 0.6 is 0 Å². The maximum absolute atomic E-state index is 12.7. The number of hydrogen-bond acceptors (Lipinski definition) is 5. The highest BCUT2D eigenvalue weighted by molar-refractivity contribution is 5.98. The maximum Gasteiger partial charge on any atom is 0.309 e. The first-order valence-corrected chi connectivity index (χ1v) is 8.61. The summed E-state index contributed by atoms with van der Waals surface area (Å²) in [6, 6.07) is 5.06. The van der Waals surface area contributed by atoms with Crippen molar-refractivity contribution in [1.82, 2.24) is 4.90 Å². The van der Waals surface area contributed by atoms with Crippen LogP contribution in [0.4, 0.5) is 5.69 Å². The Kier molecular flexibility index (Phi) is 5.21. The molecule has 0 aromatic heterocycles. The molecular formula is C18H22N2O5. The Morgan fingerprint density at radius 1 is 1.32 bits per heavy atom. The number of esters is 1. The smallest absolute Gasteiger partial charge is 0.309 e. The predicted molar refractivity (Wildman–Crippen MR) is 90.4 cm³/mol. The maximum atomic E-state index is 12.7. The van der Waals surface area contributed by atoms with Crippen LogP contribution in [-0.2, 0) is 14.3 Å². The SMILES string of the molecule is CCOC(=O)C1CCN(C(=O)c2ccc3c(c2)NC(=O)CCO3)CC1. The van der Waals surface area contributed by atoms with Gasteiger partial charge in [0.25, 0.3) is 5.91 Å². The number of amides is 2. The second-order valence-electron chi connectivity index (χ2n) is 6.18. The van der Waals surface area contributed by atoms with E-state index in [9.17, 15) is 14.4 Å². The Bertz CT molecular complexity index is 680. The highest BCUT2D eigenvalue weighted by Crippen LogP contribution is 2.29. The molecule has 2 aliphatic rings. The first-order chi connectivity index (χ1) is 12.1. The van der Waals surface area contributed by atoms with Gasteiger partial charge >= 0.3 is 5.97 Å². The van der Waals surface area contributed by atoms with Gasteiger partial charge in [0, 0.05) is 18.7 Å². The molecule has 0 atom stereocenters. The molecule has 1 aromatic rings. The molecule has 1 saturated heterocycles. The van der Waals surface area contributed by atoms with Gasteiger partial charge in [-0.15, -0.1) is 0 Å². The van der Waals surface area contributed by atoms with Crippen molar-refractivity contribution in [2.45, 2.75) is 26.2 Å². The number of hydrogen-bond donors (Lipinski definition) is 1. The number of nitrogens with zero attached hydrogens (tertiary/aromatic N) is 1. The van der Waals surface area contributed by atoms with Gasteiger partial charge in [-0.2, -0.15) is 0 Å². The molecular weight excluding hydrogens is 324 g/mol. The molecule has 1 aromatic carbocycles. The summed E-state index contributed by atoms with van der Waals surface area (Å²) in [4.78, 5) is 37.9. The van der Waals surface area contributed by atoms with E-state index < -0.39 is 0 Å². The van der Waals surface area contributed by atoms with Crippen molar-refractivity contribution in [2.75, 3.05) is 31.6 Å². The van der Waals surface area contributed by atoms with Crippen molar-refractivity contribution in [3.05, 3.63) is 23.8 Å². The van der Waals surface area contributed by atoms with Crippen molar-refractivity contribution < 1.29 is 23.9 Å². The van der Waals surface area contributed by atoms with E-state index in [4.69, 9.17) is 9.47 Å². The van der Waals surface area contributed by atoms with Gasteiger partial charge in [-0.05, 0) is 38.0 Å². The second-order valence-corrected chi connectivity index (χ2v) is 6.18. The molecule has 0 aliphatic carbocycles. The topological polar surface area (TPSA) is 84.9 Å². The minimum atomic E-state index is -0.181. The fourth-order valence-electron chi connectivity index (χ4n) is 3.11. The van der Waals surface area contributed by atoms with E-state index in [-0.39, 0.29) is 23.7 Å². The number of piperidine rings is 1. The largest absolute Gasteiger partial charge is 0.491 e. The van der Waals surface area contributed by atoms with Gasteiger partial charge in [-0.1, -0.05) is 0 Å². The lowest BCUT2D eigenvalue weighted by Crippen LogP contribution is -2.40. The lowest BCUT2D eigenvalue weighted by molar-refractivity contribution is -0.149. The van der Waals surface area contributed by atoms with Gasteiger partial charge in [0.05, 0.1) is 31.2 Å². The highest BCUT2D eigenvalue weighted by Gasteiger charge is 2.29. The van der Waals surface area contributed by atoms with Crippen LogP contribution in [0, 0.1) is 5.92 Å². The monoisotopic (exact) mass is 346 g/mol. The normalized spacial score (nSPS) is 17.8. The van der Waals surface area contributed by atoms with E-state index in [1.54, 1.807) is 30.0 Å². The molecule has 0 radical (unpaired) electrons. The fraction of sp³-hybridized carbons (Fsp3) is 0.500. The van der Waals surface area contributed by atoms with Gasteiger partial charge in [0.15, 0.2) is 0 Å². The minimum Gasteiger partial charge on any atom is -0.491 e. The molecule has 25 heavy (non-hydrogen) atoms. The number of fused-ring (bicyclic) bond motifs is 1. The number of nitrogens with one attached hydrogen (secondary N) is 1. The Hall–Kier alpha value is -2.57. The van der Waals surface area contributed by atoms with Crippen molar-refractivity contribution >= 4 is 23.5 Å². The zero-order valence-electron chi connectivity index (χ0n) is 14.2. The number of carbonyl (C=O) groups excluding carboxylic acids is 3. The molecule has 7 heteroatoms.